The highest BCUT2D eigenvalue weighted by molar-refractivity contribution is 5.95. The van der Waals surface area contributed by atoms with Gasteiger partial charge in [0.05, 0.1) is 12.1 Å². The minimum Gasteiger partial charge on any atom is -0.364 e. The Kier molecular flexibility index (Phi) is 3.49. The van der Waals surface area contributed by atoms with Crippen LogP contribution in [0.1, 0.15) is 16.1 Å². The minimum atomic E-state index is -0.808. The van der Waals surface area contributed by atoms with Crippen molar-refractivity contribution in [1.82, 2.24) is 15.5 Å². The molecule has 0 saturated heterocycles. The normalized spacial score (nSPS) is 10.1. The highest BCUT2D eigenvalue weighted by Gasteiger charge is 2.15. The lowest BCUT2D eigenvalue weighted by atomic mass is 10.2. The molecule has 0 aliphatic heterocycles. The fourth-order valence-electron chi connectivity index (χ4n) is 1.31. The summed E-state index contributed by atoms with van der Waals surface area (Å²) < 4.78 is 18.3. The summed E-state index contributed by atoms with van der Waals surface area (Å²) in [6.07, 6.45) is 2.66. The van der Waals surface area contributed by atoms with Crippen LogP contribution in [0.4, 0.5) is 10.2 Å². The van der Waals surface area contributed by atoms with E-state index in [-0.39, 0.29) is 17.9 Å². The lowest BCUT2D eigenvalue weighted by Gasteiger charge is -2.06. The Hall–Kier alpha value is -2.48. The monoisotopic (exact) mass is 251 g/mol. The van der Waals surface area contributed by atoms with Crippen LogP contribution in [-0.2, 0) is 6.54 Å². The largest absolute Gasteiger partial charge is 0.364 e. The Morgan fingerprint density at radius 3 is 3.00 bits per heavy atom. The molecule has 0 bridgehead atoms. The molecular weight excluding hydrogens is 241 g/mol. The van der Waals surface area contributed by atoms with Gasteiger partial charge >= 0.3 is 0 Å². The fourth-order valence-corrected chi connectivity index (χ4v) is 1.31. The zero-order valence-electron chi connectivity index (χ0n) is 9.18. The van der Waals surface area contributed by atoms with Crippen molar-refractivity contribution in [2.75, 3.05) is 5.43 Å². The summed E-state index contributed by atoms with van der Waals surface area (Å²) in [5, 5.41) is 6.11. The van der Waals surface area contributed by atoms with Gasteiger partial charge in [-0.2, -0.15) is 0 Å². The van der Waals surface area contributed by atoms with Crippen LogP contribution >= 0.6 is 0 Å². The molecule has 8 heteroatoms. The molecule has 1 amide bonds. The molecule has 0 saturated carbocycles. The number of amides is 1. The number of nitrogens with zero attached hydrogens (tertiary/aromatic N) is 2. The summed E-state index contributed by atoms with van der Waals surface area (Å²) in [4.78, 5) is 15.4. The molecule has 0 fully saturated rings. The van der Waals surface area contributed by atoms with Gasteiger partial charge in [0, 0.05) is 12.3 Å². The van der Waals surface area contributed by atoms with E-state index in [1.54, 1.807) is 6.07 Å². The Labute approximate surface area is 101 Å². The zero-order valence-corrected chi connectivity index (χ0v) is 9.18. The Bertz CT molecular complexity index is 543. The van der Waals surface area contributed by atoms with E-state index in [1.165, 1.54) is 18.5 Å². The van der Waals surface area contributed by atoms with Crippen molar-refractivity contribution in [3.05, 3.63) is 41.7 Å². The second-order valence-corrected chi connectivity index (χ2v) is 3.34. The number of hydrogen-bond donors (Lipinski definition) is 3. The van der Waals surface area contributed by atoms with Crippen molar-refractivity contribution in [1.29, 1.82) is 0 Å². The predicted molar refractivity (Wildman–Crippen MR) is 59.7 cm³/mol. The highest BCUT2D eigenvalue weighted by Crippen LogP contribution is 2.13. The lowest BCUT2D eigenvalue weighted by Crippen LogP contribution is -2.25. The van der Waals surface area contributed by atoms with E-state index < -0.39 is 11.7 Å². The highest BCUT2D eigenvalue weighted by atomic mass is 19.1. The van der Waals surface area contributed by atoms with Gasteiger partial charge in [-0.25, -0.2) is 15.2 Å². The number of pyridine rings is 1. The first kappa shape index (κ1) is 12.0. The number of hydrogen-bond acceptors (Lipinski definition) is 6. The number of nitrogens with two attached hydrogens (primary N) is 1. The maximum absolute atomic E-state index is 13.7. The molecule has 4 N–H and O–H groups in total. The van der Waals surface area contributed by atoms with Crippen molar-refractivity contribution < 1.29 is 13.7 Å². The van der Waals surface area contributed by atoms with E-state index in [0.29, 0.717) is 5.69 Å². The van der Waals surface area contributed by atoms with Crippen molar-refractivity contribution >= 4 is 11.7 Å². The third kappa shape index (κ3) is 2.43. The van der Waals surface area contributed by atoms with Crippen LogP contribution in [0.3, 0.4) is 0 Å². The van der Waals surface area contributed by atoms with Gasteiger partial charge in [-0.3, -0.25) is 4.79 Å². The first-order valence-electron chi connectivity index (χ1n) is 5.01. The van der Waals surface area contributed by atoms with E-state index in [2.05, 4.69) is 25.4 Å². The molecule has 2 heterocycles. The molecule has 0 radical (unpaired) electrons. The van der Waals surface area contributed by atoms with Crippen molar-refractivity contribution in [2.24, 2.45) is 5.84 Å². The average molecular weight is 251 g/mol. The number of hydrazine groups is 1. The number of carbonyl (C=O) groups excluding carboxylic acids is 1. The molecular formula is C10H10FN5O2. The number of carbonyl (C=O) groups is 1. The van der Waals surface area contributed by atoms with E-state index in [0.717, 1.165) is 0 Å². The molecule has 2 aromatic rings. The van der Waals surface area contributed by atoms with Crippen molar-refractivity contribution in [3.8, 4) is 0 Å². The molecule has 18 heavy (non-hydrogen) atoms. The van der Waals surface area contributed by atoms with E-state index >= 15 is 0 Å². The van der Waals surface area contributed by atoms with Crippen LogP contribution in [0, 0.1) is 5.82 Å². The summed E-state index contributed by atoms with van der Waals surface area (Å²) in [7, 11) is 0. The van der Waals surface area contributed by atoms with Gasteiger partial charge in [0.15, 0.2) is 11.6 Å². The standard InChI is InChI=1S/C10H10FN5O2/c11-8-7(1-3-13-9(8)15-12)10(17)14-5-6-2-4-18-16-6/h1-4H,5,12H2,(H,13,15)(H,14,17). The molecule has 0 atom stereocenters. The number of rotatable bonds is 4. The molecule has 0 unspecified atom stereocenters. The third-order valence-electron chi connectivity index (χ3n) is 2.19. The van der Waals surface area contributed by atoms with Gasteiger partial charge in [0.25, 0.3) is 5.91 Å². The van der Waals surface area contributed by atoms with Crippen LogP contribution in [0.15, 0.2) is 29.1 Å². The van der Waals surface area contributed by atoms with Gasteiger partial charge in [-0.05, 0) is 6.07 Å². The third-order valence-corrected chi connectivity index (χ3v) is 2.19. The van der Waals surface area contributed by atoms with Gasteiger partial charge in [-0.15, -0.1) is 0 Å². The van der Waals surface area contributed by atoms with E-state index in [4.69, 9.17) is 5.84 Å². The first-order chi connectivity index (χ1) is 8.72. The summed E-state index contributed by atoms with van der Waals surface area (Å²) in [5.41, 5.74) is 2.45. The molecule has 0 aromatic carbocycles. The topological polar surface area (TPSA) is 106 Å². The van der Waals surface area contributed by atoms with Crippen LogP contribution in [0.2, 0.25) is 0 Å². The van der Waals surface area contributed by atoms with Crippen LogP contribution in [-0.4, -0.2) is 16.0 Å². The van der Waals surface area contributed by atoms with Crippen molar-refractivity contribution in [2.45, 2.75) is 6.54 Å². The SMILES string of the molecule is NNc1nccc(C(=O)NCc2ccon2)c1F. The quantitative estimate of drug-likeness (QED) is 0.537. The maximum Gasteiger partial charge on any atom is 0.254 e. The molecule has 7 nitrogen and oxygen atoms in total. The summed E-state index contributed by atoms with van der Waals surface area (Å²) in [6.45, 7) is 0.141. The number of anilines is 1. The Morgan fingerprint density at radius 1 is 1.50 bits per heavy atom. The van der Waals surface area contributed by atoms with Crippen LogP contribution in [0.25, 0.3) is 0 Å². The number of nitrogen functional groups attached to an aromatic ring is 1. The van der Waals surface area contributed by atoms with E-state index in [1.807, 2.05) is 0 Å². The second-order valence-electron chi connectivity index (χ2n) is 3.34. The average Bonchev–Trinajstić information content (AvgIpc) is 2.89. The van der Waals surface area contributed by atoms with Gasteiger partial charge in [0.1, 0.15) is 12.0 Å². The second kappa shape index (κ2) is 5.23. The number of aromatic nitrogens is 2. The smallest absolute Gasteiger partial charge is 0.254 e. The maximum atomic E-state index is 13.7. The predicted octanol–water partition coefficient (Wildman–Crippen LogP) is 0.424. The Morgan fingerprint density at radius 2 is 2.33 bits per heavy atom. The van der Waals surface area contributed by atoms with Crippen LogP contribution < -0.4 is 16.6 Å². The van der Waals surface area contributed by atoms with E-state index in [9.17, 15) is 9.18 Å². The van der Waals surface area contributed by atoms with Gasteiger partial charge in [-0.1, -0.05) is 5.16 Å². The summed E-state index contributed by atoms with van der Waals surface area (Å²) >= 11 is 0. The summed E-state index contributed by atoms with van der Waals surface area (Å²) in [5.74, 6) is 3.48. The minimum absolute atomic E-state index is 0.141. The first-order valence-corrected chi connectivity index (χ1v) is 5.01. The number of nitrogens with one attached hydrogen (secondary N) is 2. The molecule has 2 rings (SSSR count). The van der Waals surface area contributed by atoms with Crippen molar-refractivity contribution in [3.63, 3.8) is 0 Å². The van der Waals surface area contributed by atoms with Crippen LogP contribution in [0.5, 0.6) is 0 Å². The molecule has 0 aliphatic carbocycles. The fraction of sp³-hybridized carbons (Fsp3) is 0.100. The summed E-state index contributed by atoms with van der Waals surface area (Å²) in [6, 6.07) is 2.85. The Balaban J connectivity index is 2.09. The zero-order chi connectivity index (χ0) is 13.0. The molecule has 2 aromatic heterocycles. The van der Waals surface area contributed by atoms with Gasteiger partial charge in [0.2, 0.25) is 0 Å². The lowest BCUT2D eigenvalue weighted by molar-refractivity contribution is 0.0946. The number of halogens is 1. The molecule has 0 spiro atoms. The van der Waals surface area contributed by atoms with Gasteiger partial charge < -0.3 is 15.3 Å². The molecule has 94 valence electrons. The molecule has 0 aliphatic rings.